The minimum absolute atomic E-state index is 0.0106. The van der Waals surface area contributed by atoms with Crippen LogP contribution in [0, 0.1) is 6.92 Å². The molecule has 8 nitrogen and oxygen atoms in total. The van der Waals surface area contributed by atoms with Crippen molar-refractivity contribution in [3.63, 3.8) is 0 Å². The van der Waals surface area contributed by atoms with Crippen LogP contribution in [0.5, 0.6) is 0 Å². The number of carbonyl (C=O) groups excluding carboxylic acids is 1. The van der Waals surface area contributed by atoms with Crippen LogP contribution in [0.4, 0.5) is 0 Å². The van der Waals surface area contributed by atoms with Crippen LogP contribution in [0.2, 0.25) is 5.02 Å². The van der Waals surface area contributed by atoms with Crippen molar-refractivity contribution in [2.24, 2.45) is 0 Å². The van der Waals surface area contributed by atoms with Crippen LogP contribution in [0.25, 0.3) is 23.2 Å². The number of carbonyl (C=O) groups is 1. The van der Waals surface area contributed by atoms with Crippen molar-refractivity contribution in [1.82, 2.24) is 34.5 Å². The maximum absolute atomic E-state index is 13.2. The quantitative estimate of drug-likeness (QED) is 0.172. The van der Waals surface area contributed by atoms with Gasteiger partial charge in [0.15, 0.2) is 11.0 Å². The van der Waals surface area contributed by atoms with E-state index in [-0.39, 0.29) is 5.91 Å². The van der Waals surface area contributed by atoms with Crippen LogP contribution in [-0.2, 0) is 5.75 Å². The first kappa shape index (κ1) is 29.3. The largest absolute Gasteiger partial charge is 0.335 e. The molecule has 0 N–H and O–H groups in total. The van der Waals surface area contributed by atoms with Gasteiger partial charge in [-0.1, -0.05) is 71.9 Å². The third-order valence-electron chi connectivity index (χ3n) is 7.19. The minimum atomic E-state index is -0.0106. The van der Waals surface area contributed by atoms with Crippen LogP contribution < -0.4 is 0 Å². The first-order valence-corrected chi connectivity index (χ1v) is 16.2. The van der Waals surface area contributed by atoms with Crippen LogP contribution >= 0.6 is 34.7 Å². The molecule has 1 amide bonds. The Balaban J connectivity index is 1.10. The standard InChI is InChI=1S/C32H30ClN7OS2/c1-23-11-12-26(33)19-28(23)40-30(25-10-5-13-34-20-25)36-37-32(40)43-22-29-35-27(21-42-29)31(41)39-17-15-38(16-18-39)14-6-9-24-7-3-2-4-8-24/h2-13,19-21H,14-18,22H2,1H3. The van der Waals surface area contributed by atoms with Gasteiger partial charge in [-0.2, -0.15) is 0 Å². The monoisotopic (exact) mass is 627 g/mol. The highest BCUT2D eigenvalue weighted by molar-refractivity contribution is 7.98. The molecule has 0 bridgehead atoms. The van der Waals surface area contributed by atoms with E-state index in [1.807, 2.05) is 70.3 Å². The lowest BCUT2D eigenvalue weighted by Crippen LogP contribution is -2.48. The lowest BCUT2D eigenvalue weighted by atomic mass is 10.2. The first-order valence-electron chi connectivity index (χ1n) is 14.0. The van der Waals surface area contributed by atoms with Crippen LogP contribution in [-0.4, -0.2) is 73.2 Å². The van der Waals surface area contributed by atoms with Crippen LogP contribution in [0.15, 0.2) is 89.7 Å². The molecule has 43 heavy (non-hydrogen) atoms. The Kier molecular flexibility index (Phi) is 9.28. The number of aryl methyl sites for hydroxylation is 1. The highest BCUT2D eigenvalue weighted by Gasteiger charge is 2.24. The summed E-state index contributed by atoms with van der Waals surface area (Å²) in [6.07, 6.45) is 7.83. The predicted molar refractivity (Wildman–Crippen MR) is 174 cm³/mol. The molecule has 1 aliphatic heterocycles. The fourth-order valence-corrected chi connectivity index (χ4v) is 6.78. The third-order valence-corrected chi connectivity index (χ3v) is 9.40. The fraction of sp³-hybridized carbons (Fsp3) is 0.219. The minimum Gasteiger partial charge on any atom is -0.335 e. The average Bonchev–Trinajstić information content (AvgIpc) is 3.70. The molecule has 0 saturated carbocycles. The van der Waals surface area contributed by atoms with E-state index in [2.05, 4.69) is 44.4 Å². The number of amides is 1. The number of pyridine rings is 1. The summed E-state index contributed by atoms with van der Waals surface area (Å²) in [6.45, 7) is 5.98. The van der Waals surface area contributed by atoms with Crippen molar-refractivity contribution in [2.45, 2.75) is 17.8 Å². The molecule has 4 heterocycles. The van der Waals surface area contributed by atoms with E-state index in [1.165, 1.54) is 28.7 Å². The summed E-state index contributed by atoms with van der Waals surface area (Å²) in [4.78, 5) is 26.5. The molecule has 0 atom stereocenters. The van der Waals surface area contributed by atoms with Gasteiger partial charge in [-0.3, -0.25) is 19.2 Å². The van der Waals surface area contributed by atoms with Gasteiger partial charge >= 0.3 is 0 Å². The lowest BCUT2D eigenvalue weighted by molar-refractivity contribution is 0.0645. The van der Waals surface area contributed by atoms with Gasteiger partial charge in [0.2, 0.25) is 0 Å². The number of piperazine rings is 1. The molecule has 0 aliphatic carbocycles. The van der Waals surface area contributed by atoms with E-state index in [4.69, 9.17) is 16.6 Å². The predicted octanol–water partition coefficient (Wildman–Crippen LogP) is 6.51. The van der Waals surface area contributed by atoms with Gasteiger partial charge in [0.25, 0.3) is 5.91 Å². The lowest BCUT2D eigenvalue weighted by Gasteiger charge is -2.33. The van der Waals surface area contributed by atoms with E-state index in [0.717, 1.165) is 41.5 Å². The van der Waals surface area contributed by atoms with Crippen molar-refractivity contribution in [3.05, 3.63) is 111 Å². The highest BCUT2D eigenvalue weighted by Crippen LogP contribution is 2.32. The van der Waals surface area contributed by atoms with Crippen LogP contribution in [0.3, 0.4) is 0 Å². The average molecular weight is 628 g/mol. The Hall–Kier alpha value is -3.83. The molecule has 0 spiro atoms. The Labute approximate surface area is 264 Å². The van der Waals surface area contributed by atoms with E-state index in [1.54, 1.807) is 12.4 Å². The number of hydrogen-bond acceptors (Lipinski definition) is 8. The molecule has 1 aliphatic rings. The topological polar surface area (TPSA) is 80.0 Å². The Morgan fingerprint density at radius 3 is 2.67 bits per heavy atom. The summed E-state index contributed by atoms with van der Waals surface area (Å²) in [5.74, 6) is 1.23. The normalized spacial score (nSPS) is 14.0. The number of nitrogens with zero attached hydrogens (tertiary/aromatic N) is 7. The van der Waals surface area contributed by atoms with Gasteiger partial charge in [-0.05, 0) is 42.3 Å². The Morgan fingerprint density at radius 1 is 1.05 bits per heavy atom. The van der Waals surface area contributed by atoms with E-state index < -0.39 is 0 Å². The highest BCUT2D eigenvalue weighted by atomic mass is 35.5. The van der Waals surface area contributed by atoms with Crippen molar-refractivity contribution in [3.8, 4) is 17.1 Å². The molecule has 1 saturated heterocycles. The molecule has 1 fully saturated rings. The zero-order valence-electron chi connectivity index (χ0n) is 23.6. The molecular formula is C32H30ClN7OS2. The summed E-state index contributed by atoms with van der Waals surface area (Å²) >= 11 is 9.41. The Morgan fingerprint density at radius 2 is 1.88 bits per heavy atom. The summed E-state index contributed by atoms with van der Waals surface area (Å²) < 4.78 is 2.01. The second-order valence-corrected chi connectivity index (χ2v) is 12.5. The van der Waals surface area contributed by atoms with Crippen molar-refractivity contribution < 1.29 is 4.79 Å². The molecule has 0 unspecified atom stereocenters. The molecule has 5 aromatic rings. The maximum atomic E-state index is 13.2. The number of aromatic nitrogens is 5. The number of rotatable bonds is 9. The fourth-order valence-electron chi connectivity index (χ4n) is 4.89. The SMILES string of the molecule is Cc1ccc(Cl)cc1-n1c(SCc2nc(C(=O)N3CCN(CC=Cc4ccccc4)CC3)cs2)nnc1-c1cccnc1. The van der Waals surface area contributed by atoms with E-state index in [0.29, 0.717) is 40.5 Å². The molecule has 6 rings (SSSR count). The van der Waals surface area contributed by atoms with Gasteiger partial charge in [0.1, 0.15) is 10.7 Å². The molecule has 2 aromatic carbocycles. The second kappa shape index (κ2) is 13.6. The first-order chi connectivity index (χ1) is 21.0. The Bertz CT molecular complexity index is 1710. The summed E-state index contributed by atoms with van der Waals surface area (Å²) in [6, 6.07) is 19.9. The summed E-state index contributed by atoms with van der Waals surface area (Å²) in [5.41, 5.74) is 4.51. The van der Waals surface area contributed by atoms with Gasteiger partial charge in [-0.25, -0.2) is 4.98 Å². The van der Waals surface area contributed by atoms with Gasteiger partial charge in [0.05, 0.1) is 11.4 Å². The maximum Gasteiger partial charge on any atom is 0.273 e. The summed E-state index contributed by atoms with van der Waals surface area (Å²) in [7, 11) is 0. The van der Waals surface area contributed by atoms with E-state index >= 15 is 0 Å². The summed E-state index contributed by atoms with van der Waals surface area (Å²) in [5, 5.41) is 13.1. The van der Waals surface area contributed by atoms with Crippen molar-refractivity contribution >= 4 is 46.7 Å². The third kappa shape index (κ3) is 7.05. The molecule has 218 valence electrons. The number of hydrogen-bond donors (Lipinski definition) is 0. The molecular weight excluding hydrogens is 598 g/mol. The second-order valence-electron chi connectivity index (χ2n) is 10.1. The van der Waals surface area contributed by atoms with Crippen molar-refractivity contribution in [2.75, 3.05) is 32.7 Å². The van der Waals surface area contributed by atoms with E-state index in [9.17, 15) is 4.79 Å². The zero-order valence-corrected chi connectivity index (χ0v) is 26.0. The molecule has 0 radical (unpaired) electrons. The van der Waals surface area contributed by atoms with Gasteiger partial charge < -0.3 is 4.90 Å². The molecule has 3 aromatic heterocycles. The van der Waals surface area contributed by atoms with Gasteiger partial charge in [-0.15, -0.1) is 21.5 Å². The smallest absolute Gasteiger partial charge is 0.273 e. The van der Waals surface area contributed by atoms with Crippen LogP contribution in [0.1, 0.15) is 26.6 Å². The number of halogens is 1. The van der Waals surface area contributed by atoms with Gasteiger partial charge in [0, 0.05) is 61.1 Å². The zero-order chi connectivity index (χ0) is 29.6. The number of thiazole rings is 1. The van der Waals surface area contributed by atoms with Crippen molar-refractivity contribution in [1.29, 1.82) is 0 Å². The molecule has 11 heteroatoms. The number of benzene rings is 2. The number of thioether (sulfide) groups is 1.